The Kier molecular flexibility index (Phi) is 8.41. The molecule has 13 nitrogen and oxygen atoms in total. The van der Waals surface area contributed by atoms with Gasteiger partial charge in [0.2, 0.25) is 17.6 Å². The van der Waals surface area contributed by atoms with E-state index >= 15 is 0 Å². The molecule has 0 unspecified atom stereocenters. The molecule has 3 aromatic heterocycles. The number of aromatic hydroxyl groups is 1. The molecule has 2 aliphatic heterocycles. The zero-order chi connectivity index (χ0) is 32.7. The van der Waals surface area contributed by atoms with E-state index < -0.39 is 23.2 Å². The number of carbonyl (C=O) groups is 1. The summed E-state index contributed by atoms with van der Waals surface area (Å²) in [4.78, 5) is 36.1. The van der Waals surface area contributed by atoms with E-state index in [9.17, 15) is 27.9 Å². The number of aryl methyl sites for hydroxylation is 1. The molecule has 2 N–H and O–H groups in total. The molecule has 1 aromatic carbocycles. The van der Waals surface area contributed by atoms with Gasteiger partial charge in [-0.15, -0.1) is 5.10 Å². The van der Waals surface area contributed by atoms with Crippen molar-refractivity contribution >= 4 is 45.9 Å². The van der Waals surface area contributed by atoms with Crippen LogP contribution in [0.2, 0.25) is 5.02 Å². The highest BCUT2D eigenvalue weighted by atomic mass is 35.5. The van der Waals surface area contributed by atoms with Gasteiger partial charge in [-0.1, -0.05) is 24.6 Å². The lowest BCUT2D eigenvalue weighted by Crippen LogP contribution is -2.49. The van der Waals surface area contributed by atoms with E-state index in [1.165, 1.54) is 9.20 Å². The number of amides is 1. The van der Waals surface area contributed by atoms with Gasteiger partial charge < -0.3 is 29.5 Å². The van der Waals surface area contributed by atoms with E-state index in [-0.39, 0.29) is 28.9 Å². The molecule has 1 amide bonds. The van der Waals surface area contributed by atoms with Crippen molar-refractivity contribution in [2.75, 3.05) is 54.5 Å². The summed E-state index contributed by atoms with van der Waals surface area (Å²) in [7, 11) is 1.64. The maximum Gasteiger partial charge on any atom is 0.416 e. The van der Waals surface area contributed by atoms with Crippen LogP contribution < -0.4 is 20.7 Å². The first kappa shape index (κ1) is 31.4. The molecule has 0 spiro atoms. The molecule has 0 atom stereocenters. The van der Waals surface area contributed by atoms with Gasteiger partial charge in [-0.25, -0.2) is 4.68 Å². The lowest BCUT2D eigenvalue weighted by Gasteiger charge is -2.37. The summed E-state index contributed by atoms with van der Waals surface area (Å²) in [6.07, 6.45) is -0.242. The third kappa shape index (κ3) is 5.89. The van der Waals surface area contributed by atoms with Crippen molar-refractivity contribution in [2.24, 2.45) is 7.05 Å². The number of rotatable bonds is 7. The minimum atomic E-state index is -4.59. The molecular weight excluding hydrogens is 631 g/mol. The topological polar surface area (TPSA) is 135 Å². The number of halogens is 4. The fourth-order valence-electron chi connectivity index (χ4n) is 5.74. The lowest BCUT2D eigenvalue weighted by atomic mass is 10.1. The number of alkyl halides is 3. The highest BCUT2D eigenvalue weighted by molar-refractivity contribution is 6.33. The van der Waals surface area contributed by atoms with Gasteiger partial charge in [0.15, 0.2) is 5.82 Å². The Balaban J connectivity index is 1.37. The van der Waals surface area contributed by atoms with Crippen LogP contribution in [0.3, 0.4) is 0 Å². The Hall–Kier alpha value is -4.57. The molecule has 46 heavy (non-hydrogen) atoms. The summed E-state index contributed by atoms with van der Waals surface area (Å²) in [5.41, 5.74) is 0.999. The van der Waals surface area contributed by atoms with E-state index in [1.54, 1.807) is 17.8 Å². The van der Waals surface area contributed by atoms with Crippen molar-refractivity contribution < 1.29 is 27.8 Å². The van der Waals surface area contributed by atoms with E-state index in [4.69, 9.17) is 16.3 Å². The van der Waals surface area contributed by atoms with Crippen molar-refractivity contribution in [3.05, 3.63) is 62.9 Å². The van der Waals surface area contributed by atoms with Gasteiger partial charge in [-0.3, -0.25) is 9.59 Å². The Morgan fingerprint density at radius 2 is 1.91 bits per heavy atom. The number of benzene rings is 1. The molecule has 1 saturated heterocycles. The van der Waals surface area contributed by atoms with Crippen LogP contribution in [-0.2, 0) is 35.7 Å². The van der Waals surface area contributed by atoms with Crippen molar-refractivity contribution in [3.8, 4) is 5.88 Å². The molecule has 0 bridgehead atoms. The molecule has 17 heteroatoms. The van der Waals surface area contributed by atoms with Gasteiger partial charge in [0.05, 0.1) is 41.4 Å². The number of nitrogens with zero attached hydrogens (tertiary/aromatic N) is 8. The number of piperazine rings is 1. The molecule has 2 aliphatic rings. The molecule has 0 aliphatic carbocycles. The summed E-state index contributed by atoms with van der Waals surface area (Å²) in [6.45, 7) is 4.24. The van der Waals surface area contributed by atoms with Crippen LogP contribution in [0.15, 0.2) is 35.3 Å². The smallest absolute Gasteiger partial charge is 0.416 e. The molecular formula is C29H31ClF3N9O4. The molecule has 6 rings (SSSR count). The van der Waals surface area contributed by atoms with Gasteiger partial charge in [0.1, 0.15) is 17.9 Å². The Morgan fingerprint density at radius 1 is 1.17 bits per heavy atom. The summed E-state index contributed by atoms with van der Waals surface area (Å²) < 4.78 is 49.0. The predicted molar refractivity (Wildman–Crippen MR) is 164 cm³/mol. The van der Waals surface area contributed by atoms with Crippen LogP contribution in [0.1, 0.15) is 30.4 Å². The van der Waals surface area contributed by atoms with Crippen molar-refractivity contribution in [1.82, 2.24) is 28.9 Å². The zero-order valence-electron chi connectivity index (χ0n) is 25.0. The molecule has 0 radical (unpaired) electrons. The largest absolute Gasteiger partial charge is 0.492 e. The minimum Gasteiger partial charge on any atom is -0.492 e. The number of nitrogens with one attached hydrogen (secondary N) is 1. The Bertz CT molecular complexity index is 1890. The Morgan fingerprint density at radius 3 is 2.52 bits per heavy atom. The second kappa shape index (κ2) is 12.3. The molecule has 0 saturated carbocycles. The first-order valence-corrected chi connectivity index (χ1v) is 15.0. The third-order valence-corrected chi connectivity index (χ3v) is 8.42. The first-order chi connectivity index (χ1) is 22.0. The standard InChI is InChI=1S/C29H31ClF3N9O4/c1-3-21-24(40-10-8-39(9-11-40)22-15-34-38(2)26(22)44)27(45)42-28(36-25(37-42)17-6-12-46-13-7-17)41(21)16-23(43)35-20-5-4-18(14-19(20)30)29(31,32)33/h4-6,14-15,44H,3,7-13,16H2,1-2H3,(H,35,43). The second-order valence-electron chi connectivity index (χ2n) is 10.9. The van der Waals surface area contributed by atoms with Gasteiger partial charge in [-0.05, 0) is 36.6 Å². The van der Waals surface area contributed by atoms with Crippen LogP contribution in [-0.4, -0.2) is 79.4 Å². The van der Waals surface area contributed by atoms with Crippen molar-refractivity contribution in [3.63, 3.8) is 0 Å². The number of fused-ring (bicyclic) bond motifs is 1. The monoisotopic (exact) mass is 661 g/mol. The van der Waals surface area contributed by atoms with Crippen molar-refractivity contribution in [1.29, 1.82) is 0 Å². The lowest BCUT2D eigenvalue weighted by molar-refractivity contribution is -0.137. The predicted octanol–water partition coefficient (Wildman–Crippen LogP) is 3.33. The van der Waals surface area contributed by atoms with E-state index in [2.05, 4.69) is 20.5 Å². The SMILES string of the molecule is CCc1c(N2CCN(c3cnn(C)c3O)CC2)c(=O)n2nc(C3=CCOCC3)nc2n1CC(=O)Nc1ccc(C(F)(F)F)cc1Cl. The van der Waals surface area contributed by atoms with Crippen LogP contribution in [0, 0.1) is 0 Å². The van der Waals surface area contributed by atoms with Gasteiger partial charge in [0, 0.05) is 33.2 Å². The number of aromatic nitrogens is 6. The first-order valence-electron chi connectivity index (χ1n) is 14.6. The molecule has 244 valence electrons. The zero-order valence-corrected chi connectivity index (χ0v) is 25.8. The maximum absolute atomic E-state index is 14.1. The Labute approximate surface area is 265 Å². The molecule has 4 aromatic rings. The highest BCUT2D eigenvalue weighted by Crippen LogP contribution is 2.34. The number of hydrogen-bond acceptors (Lipinski definition) is 9. The summed E-state index contributed by atoms with van der Waals surface area (Å²) >= 11 is 6.10. The van der Waals surface area contributed by atoms with Gasteiger partial charge in [0.25, 0.3) is 5.56 Å². The fraction of sp³-hybridized carbons (Fsp3) is 0.414. The van der Waals surface area contributed by atoms with Crippen LogP contribution in [0.4, 0.5) is 30.2 Å². The molecule has 5 heterocycles. The van der Waals surface area contributed by atoms with Gasteiger partial charge in [-0.2, -0.15) is 27.8 Å². The second-order valence-corrected chi connectivity index (χ2v) is 11.3. The minimum absolute atomic E-state index is 0.0132. The molecule has 1 fully saturated rings. The van der Waals surface area contributed by atoms with Crippen LogP contribution in [0.5, 0.6) is 5.88 Å². The van der Waals surface area contributed by atoms with E-state index in [0.29, 0.717) is 75.1 Å². The summed E-state index contributed by atoms with van der Waals surface area (Å²) in [6, 6.07) is 2.69. The number of ether oxygens (including phenoxy) is 1. The fourth-order valence-corrected chi connectivity index (χ4v) is 5.96. The highest BCUT2D eigenvalue weighted by Gasteiger charge is 2.32. The number of anilines is 3. The average Bonchev–Trinajstić information content (AvgIpc) is 3.63. The normalized spacial score (nSPS) is 15.8. The van der Waals surface area contributed by atoms with E-state index in [1.807, 2.05) is 22.8 Å². The number of carbonyl (C=O) groups excluding carboxylic acids is 1. The van der Waals surface area contributed by atoms with Gasteiger partial charge >= 0.3 is 6.18 Å². The van der Waals surface area contributed by atoms with Crippen LogP contribution >= 0.6 is 11.6 Å². The summed E-state index contributed by atoms with van der Waals surface area (Å²) in [5.74, 6) is -0.0419. The average molecular weight is 662 g/mol. The van der Waals surface area contributed by atoms with E-state index in [0.717, 1.165) is 23.8 Å². The van der Waals surface area contributed by atoms with Crippen LogP contribution in [0.25, 0.3) is 11.4 Å². The van der Waals surface area contributed by atoms with Crippen molar-refractivity contribution in [2.45, 2.75) is 32.5 Å². The maximum atomic E-state index is 14.1. The third-order valence-electron chi connectivity index (χ3n) is 8.11. The number of hydrogen-bond donors (Lipinski definition) is 2. The summed E-state index contributed by atoms with van der Waals surface area (Å²) in [5, 5.41) is 21.4. The quantitative estimate of drug-likeness (QED) is 0.306.